The van der Waals surface area contributed by atoms with Crippen LogP contribution in [-0.4, -0.2) is 43.0 Å². The van der Waals surface area contributed by atoms with Gasteiger partial charge in [-0.05, 0) is 54.8 Å². The molecule has 4 aromatic rings. The highest BCUT2D eigenvalue weighted by Crippen LogP contribution is 2.38. The summed E-state index contributed by atoms with van der Waals surface area (Å²) in [6, 6.07) is 24.9. The first kappa shape index (κ1) is 26.3. The molecule has 0 unspecified atom stereocenters. The molecule has 1 aliphatic heterocycles. The minimum Gasteiger partial charge on any atom is -0.370 e. The molecule has 1 saturated heterocycles. The fourth-order valence-electron chi connectivity index (χ4n) is 4.50. The number of hydrogen-bond donors (Lipinski definition) is 2. The molecule has 1 heterocycles. The zero-order chi connectivity index (χ0) is 26.8. The minimum atomic E-state index is -4.26. The molecule has 1 fully saturated rings. The summed E-state index contributed by atoms with van der Waals surface area (Å²) in [5.41, 5.74) is 0.814. The average molecular weight is 571 g/mol. The number of hydrogen-bond acceptors (Lipinski definition) is 6. The van der Waals surface area contributed by atoms with Crippen LogP contribution in [-0.2, 0) is 20.0 Å². The molecule has 0 aliphatic carbocycles. The highest BCUT2D eigenvalue weighted by atomic mass is 35.5. The Hall–Kier alpha value is -3.31. The summed E-state index contributed by atoms with van der Waals surface area (Å²) in [5, 5.41) is 4.60. The van der Waals surface area contributed by atoms with Gasteiger partial charge in [0.25, 0.3) is 20.0 Å². The quantitative estimate of drug-likeness (QED) is 0.310. The maximum Gasteiger partial charge on any atom is 0.278 e. The lowest BCUT2D eigenvalue weighted by atomic mass is 10.1. The molecule has 0 saturated carbocycles. The van der Waals surface area contributed by atoms with Gasteiger partial charge in [-0.25, -0.2) is 8.42 Å². The van der Waals surface area contributed by atoms with Gasteiger partial charge in [0.15, 0.2) is 0 Å². The number of halogens is 1. The highest BCUT2D eigenvalue weighted by molar-refractivity contribution is 7.94. The Morgan fingerprint density at radius 3 is 2.37 bits per heavy atom. The first-order valence-electron chi connectivity index (χ1n) is 12.1. The van der Waals surface area contributed by atoms with E-state index in [2.05, 4.69) is 14.9 Å². The normalized spacial score (nSPS) is 14.7. The van der Waals surface area contributed by atoms with E-state index in [4.69, 9.17) is 11.8 Å². The smallest absolute Gasteiger partial charge is 0.278 e. The van der Waals surface area contributed by atoms with Crippen LogP contribution < -0.4 is 18.8 Å². The van der Waals surface area contributed by atoms with Gasteiger partial charge in [-0.15, -0.1) is 0 Å². The molecule has 5 rings (SSSR count). The second kappa shape index (κ2) is 10.8. The summed E-state index contributed by atoms with van der Waals surface area (Å²) in [6.07, 6.45) is 0.921. The van der Waals surface area contributed by atoms with Gasteiger partial charge in [-0.1, -0.05) is 54.6 Å². The van der Waals surface area contributed by atoms with Crippen LogP contribution in [0.1, 0.15) is 6.42 Å². The molecule has 4 aromatic carbocycles. The monoisotopic (exact) mass is 570 g/mol. The molecule has 0 radical (unpaired) electrons. The third-order valence-electron chi connectivity index (χ3n) is 6.41. The average Bonchev–Trinajstić information content (AvgIpc) is 3.22. The van der Waals surface area contributed by atoms with Gasteiger partial charge in [-0.3, -0.25) is 4.72 Å². The second-order valence-corrected chi connectivity index (χ2v) is 12.9. The Morgan fingerprint density at radius 2 is 1.55 bits per heavy atom. The Morgan fingerprint density at radius 1 is 0.816 bits per heavy atom. The van der Waals surface area contributed by atoms with Crippen LogP contribution in [0.2, 0.25) is 0 Å². The molecule has 0 bridgehead atoms. The highest BCUT2D eigenvalue weighted by Gasteiger charge is 2.29. The molecule has 0 spiro atoms. The first-order chi connectivity index (χ1) is 18.3. The third-order valence-corrected chi connectivity index (χ3v) is 10.1. The van der Waals surface area contributed by atoms with Gasteiger partial charge >= 0.3 is 0 Å². The predicted molar refractivity (Wildman–Crippen MR) is 153 cm³/mol. The van der Waals surface area contributed by atoms with E-state index in [0.717, 1.165) is 43.7 Å². The SMILES string of the molecule is O=S(=O)(Nc1cc(N2CCCNCC2)ccc1N(Cl)S(=O)(=O)c1cccc2ccccc12)c1ccccc1. The molecule has 0 amide bonds. The molecular weight excluding hydrogens is 544 g/mol. The Labute approximate surface area is 228 Å². The van der Waals surface area contributed by atoms with Crippen LogP contribution in [0, 0.1) is 0 Å². The molecule has 8 nitrogen and oxygen atoms in total. The number of sulfonamides is 2. The van der Waals surface area contributed by atoms with Crippen LogP contribution in [0.25, 0.3) is 10.8 Å². The Bertz CT molecular complexity index is 1650. The number of benzene rings is 4. The van der Waals surface area contributed by atoms with E-state index in [1.165, 1.54) is 24.3 Å². The van der Waals surface area contributed by atoms with Crippen molar-refractivity contribution in [1.82, 2.24) is 5.32 Å². The van der Waals surface area contributed by atoms with E-state index in [1.54, 1.807) is 48.5 Å². The Kier molecular flexibility index (Phi) is 7.49. The van der Waals surface area contributed by atoms with Crippen LogP contribution >= 0.6 is 11.8 Å². The summed E-state index contributed by atoms with van der Waals surface area (Å²) < 4.78 is 57.3. The number of rotatable bonds is 7. The fraction of sp³-hybridized carbons (Fsp3) is 0.185. The number of anilines is 3. The lowest BCUT2D eigenvalue weighted by molar-refractivity contribution is 0.597. The molecule has 198 valence electrons. The van der Waals surface area contributed by atoms with E-state index in [-0.39, 0.29) is 21.2 Å². The summed E-state index contributed by atoms with van der Waals surface area (Å²) in [5.74, 6) is 0. The van der Waals surface area contributed by atoms with Crippen molar-refractivity contribution in [2.24, 2.45) is 0 Å². The van der Waals surface area contributed by atoms with Gasteiger partial charge in [0, 0.05) is 42.5 Å². The summed E-state index contributed by atoms with van der Waals surface area (Å²) in [7, 11) is -8.29. The van der Waals surface area contributed by atoms with Gasteiger partial charge in [0.1, 0.15) is 0 Å². The van der Waals surface area contributed by atoms with Crippen molar-refractivity contribution in [3.63, 3.8) is 0 Å². The van der Waals surface area contributed by atoms with E-state index in [9.17, 15) is 16.8 Å². The number of fused-ring (bicyclic) bond motifs is 1. The van der Waals surface area contributed by atoms with E-state index in [0.29, 0.717) is 9.21 Å². The predicted octanol–water partition coefficient (Wildman–Crippen LogP) is 4.79. The van der Waals surface area contributed by atoms with Crippen molar-refractivity contribution >= 4 is 59.7 Å². The molecule has 2 N–H and O–H groups in total. The summed E-state index contributed by atoms with van der Waals surface area (Å²) in [6.45, 7) is 3.17. The van der Waals surface area contributed by atoms with Crippen LogP contribution in [0.5, 0.6) is 0 Å². The first-order valence-corrected chi connectivity index (χ1v) is 15.4. The van der Waals surface area contributed by atoms with Gasteiger partial charge in [0.2, 0.25) is 0 Å². The van der Waals surface area contributed by atoms with Crippen molar-refractivity contribution in [3.8, 4) is 0 Å². The Balaban J connectivity index is 1.60. The largest absolute Gasteiger partial charge is 0.370 e. The van der Waals surface area contributed by atoms with E-state index < -0.39 is 20.0 Å². The number of nitrogens with one attached hydrogen (secondary N) is 2. The molecule has 0 atom stereocenters. The van der Waals surface area contributed by atoms with Crippen LogP contribution in [0.3, 0.4) is 0 Å². The molecule has 0 aromatic heterocycles. The molecule has 1 aliphatic rings. The molecule has 38 heavy (non-hydrogen) atoms. The zero-order valence-electron chi connectivity index (χ0n) is 20.4. The van der Waals surface area contributed by atoms with Crippen molar-refractivity contribution in [2.45, 2.75) is 16.2 Å². The van der Waals surface area contributed by atoms with E-state index >= 15 is 0 Å². The van der Waals surface area contributed by atoms with Crippen LogP contribution in [0.15, 0.2) is 101 Å². The summed E-state index contributed by atoms with van der Waals surface area (Å²) >= 11 is 6.56. The van der Waals surface area contributed by atoms with Gasteiger partial charge < -0.3 is 10.2 Å². The lowest BCUT2D eigenvalue weighted by Gasteiger charge is -2.26. The maximum absolute atomic E-state index is 13.8. The van der Waals surface area contributed by atoms with E-state index in [1.807, 2.05) is 18.2 Å². The van der Waals surface area contributed by atoms with Crippen LogP contribution in [0.4, 0.5) is 17.1 Å². The van der Waals surface area contributed by atoms with Crippen molar-refractivity contribution < 1.29 is 16.8 Å². The van der Waals surface area contributed by atoms with Gasteiger partial charge in [0.05, 0.1) is 21.2 Å². The fourth-order valence-corrected chi connectivity index (χ4v) is 7.26. The van der Waals surface area contributed by atoms with Crippen molar-refractivity contribution in [2.75, 3.05) is 39.6 Å². The zero-order valence-corrected chi connectivity index (χ0v) is 22.8. The third kappa shape index (κ3) is 5.30. The minimum absolute atomic E-state index is 0.00389. The van der Waals surface area contributed by atoms with Crippen molar-refractivity contribution in [3.05, 3.63) is 91.0 Å². The lowest BCUT2D eigenvalue weighted by Crippen LogP contribution is -2.28. The standard InChI is InChI=1S/C27H27ClN4O4S2/c28-32(38(35,36)27-13-6-9-21-8-4-5-12-24(21)27)26-15-14-22(31-18-7-16-29-17-19-31)20-25(26)30-37(33,34)23-10-2-1-3-11-23/h1-6,8-15,20,29-30H,7,16-19H2. The number of nitrogens with zero attached hydrogens (tertiary/aromatic N) is 2. The maximum atomic E-state index is 13.8. The van der Waals surface area contributed by atoms with Crippen molar-refractivity contribution in [1.29, 1.82) is 0 Å². The van der Waals surface area contributed by atoms with Gasteiger partial charge in [-0.2, -0.15) is 12.2 Å². The second-order valence-electron chi connectivity index (χ2n) is 8.91. The molecular formula is C27H27ClN4O4S2. The molecule has 11 heteroatoms. The summed E-state index contributed by atoms with van der Waals surface area (Å²) in [4.78, 5) is 2.19. The topological polar surface area (TPSA) is 98.8 Å².